The van der Waals surface area contributed by atoms with Gasteiger partial charge in [-0.3, -0.25) is 19.8 Å². The number of nitrogens with one attached hydrogen (secondary N) is 1. The first-order valence-electron chi connectivity index (χ1n) is 9.02. The van der Waals surface area contributed by atoms with Crippen molar-refractivity contribution in [1.82, 2.24) is 4.90 Å². The van der Waals surface area contributed by atoms with Crippen LogP contribution in [0, 0.1) is 16.0 Å². The van der Waals surface area contributed by atoms with E-state index in [-0.39, 0.29) is 24.1 Å². The summed E-state index contributed by atoms with van der Waals surface area (Å²) in [5, 5.41) is 23.9. The lowest BCUT2D eigenvalue weighted by Gasteiger charge is -2.34. The van der Waals surface area contributed by atoms with Gasteiger partial charge in [0.2, 0.25) is 5.91 Å². The minimum atomic E-state index is -0.473. The largest absolute Gasteiger partial charge is 0.388 e. The maximum absolute atomic E-state index is 12.2. The van der Waals surface area contributed by atoms with Crippen molar-refractivity contribution in [2.45, 2.75) is 18.9 Å². The number of anilines is 1. The van der Waals surface area contributed by atoms with Crippen LogP contribution in [-0.2, 0) is 4.79 Å². The Morgan fingerprint density at radius 2 is 1.78 bits per heavy atom. The zero-order valence-corrected chi connectivity index (χ0v) is 15.0. The molecule has 1 amide bonds. The molecule has 1 unspecified atom stereocenters. The van der Waals surface area contributed by atoms with E-state index < -0.39 is 11.0 Å². The Morgan fingerprint density at radius 1 is 1.15 bits per heavy atom. The lowest BCUT2D eigenvalue weighted by atomic mass is 9.87. The predicted molar refractivity (Wildman–Crippen MR) is 102 cm³/mol. The highest BCUT2D eigenvalue weighted by Crippen LogP contribution is 2.30. The lowest BCUT2D eigenvalue weighted by molar-refractivity contribution is -0.384. The van der Waals surface area contributed by atoms with E-state index in [0.717, 1.165) is 31.5 Å². The van der Waals surface area contributed by atoms with Crippen LogP contribution in [0.15, 0.2) is 54.6 Å². The molecule has 0 radical (unpaired) electrons. The molecule has 142 valence electrons. The van der Waals surface area contributed by atoms with E-state index in [1.807, 2.05) is 30.3 Å². The molecule has 2 aromatic carbocycles. The molecule has 2 N–H and O–H groups in total. The number of aliphatic hydroxyl groups is 1. The molecular formula is C20H23N3O4. The highest BCUT2D eigenvalue weighted by atomic mass is 16.6. The van der Waals surface area contributed by atoms with Gasteiger partial charge in [-0.05, 0) is 49.5 Å². The molecule has 0 spiro atoms. The van der Waals surface area contributed by atoms with Crippen LogP contribution in [0.25, 0.3) is 0 Å². The molecule has 1 heterocycles. The van der Waals surface area contributed by atoms with Crippen LogP contribution in [-0.4, -0.2) is 40.5 Å². The van der Waals surface area contributed by atoms with E-state index in [0.29, 0.717) is 5.69 Å². The first kappa shape index (κ1) is 19.0. The number of amides is 1. The lowest BCUT2D eigenvalue weighted by Crippen LogP contribution is -2.40. The number of nitro groups is 1. The third-order valence-corrected chi connectivity index (χ3v) is 4.95. The van der Waals surface area contributed by atoms with E-state index in [4.69, 9.17) is 0 Å². The topological polar surface area (TPSA) is 95.7 Å². The van der Waals surface area contributed by atoms with Gasteiger partial charge < -0.3 is 10.4 Å². The molecule has 1 aliphatic heterocycles. The van der Waals surface area contributed by atoms with Gasteiger partial charge in [-0.1, -0.05) is 30.3 Å². The normalized spacial score (nSPS) is 16.6. The summed E-state index contributed by atoms with van der Waals surface area (Å²) in [7, 11) is 0. The fourth-order valence-corrected chi connectivity index (χ4v) is 3.42. The summed E-state index contributed by atoms with van der Waals surface area (Å²) in [6.45, 7) is 1.77. The summed E-state index contributed by atoms with van der Waals surface area (Å²) in [6, 6.07) is 15.5. The van der Waals surface area contributed by atoms with Crippen LogP contribution in [0.4, 0.5) is 11.4 Å². The first-order chi connectivity index (χ1) is 13.0. The van der Waals surface area contributed by atoms with Crippen LogP contribution in [0.3, 0.4) is 0 Å². The number of rotatable bonds is 6. The summed E-state index contributed by atoms with van der Waals surface area (Å²) < 4.78 is 0. The molecule has 2 aromatic rings. The number of hydrogen-bond acceptors (Lipinski definition) is 5. The summed E-state index contributed by atoms with van der Waals surface area (Å²) in [5.74, 6) is 0.0484. The fraction of sp³-hybridized carbons (Fsp3) is 0.350. The van der Waals surface area contributed by atoms with Crippen LogP contribution in [0.2, 0.25) is 0 Å². The fourth-order valence-electron chi connectivity index (χ4n) is 3.42. The molecule has 1 atom stereocenters. The Labute approximate surface area is 157 Å². The predicted octanol–water partition coefficient (Wildman–Crippen LogP) is 2.98. The van der Waals surface area contributed by atoms with E-state index in [1.54, 1.807) is 0 Å². The minimum Gasteiger partial charge on any atom is -0.388 e. The molecule has 3 rings (SSSR count). The van der Waals surface area contributed by atoms with Crippen molar-refractivity contribution >= 4 is 17.3 Å². The molecule has 1 fully saturated rings. The minimum absolute atomic E-state index is 0.00737. The number of aliphatic hydroxyl groups excluding tert-OH is 1. The first-order valence-corrected chi connectivity index (χ1v) is 9.02. The Hall–Kier alpha value is -2.77. The molecule has 0 aliphatic carbocycles. The van der Waals surface area contributed by atoms with Gasteiger partial charge in [0.25, 0.3) is 5.69 Å². The highest BCUT2D eigenvalue weighted by Gasteiger charge is 2.26. The number of nitrogens with zero attached hydrogens (tertiary/aromatic N) is 2. The van der Waals surface area contributed by atoms with Gasteiger partial charge in [-0.15, -0.1) is 0 Å². The summed E-state index contributed by atoms with van der Waals surface area (Å²) in [6.07, 6.45) is 1.20. The summed E-state index contributed by atoms with van der Waals surface area (Å²) in [5.41, 5.74) is 1.47. The summed E-state index contributed by atoms with van der Waals surface area (Å²) in [4.78, 5) is 24.4. The molecule has 1 aliphatic rings. The van der Waals surface area contributed by atoms with Crippen LogP contribution in [0.1, 0.15) is 24.5 Å². The number of hydrogen-bond donors (Lipinski definition) is 2. The molecule has 7 heteroatoms. The quantitative estimate of drug-likeness (QED) is 0.603. The zero-order valence-electron chi connectivity index (χ0n) is 15.0. The zero-order chi connectivity index (χ0) is 19.2. The number of non-ortho nitro benzene ring substituents is 1. The Balaban J connectivity index is 1.46. The van der Waals surface area contributed by atoms with Crippen LogP contribution < -0.4 is 5.32 Å². The number of carbonyl (C=O) groups is 1. The van der Waals surface area contributed by atoms with Gasteiger partial charge in [0, 0.05) is 17.8 Å². The van der Waals surface area contributed by atoms with E-state index in [1.165, 1.54) is 24.3 Å². The molecule has 0 aromatic heterocycles. The van der Waals surface area contributed by atoms with Gasteiger partial charge in [-0.25, -0.2) is 0 Å². The highest BCUT2D eigenvalue weighted by molar-refractivity contribution is 5.92. The van der Waals surface area contributed by atoms with Crippen molar-refractivity contribution in [3.05, 3.63) is 70.3 Å². The monoisotopic (exact) mass is 369 g/mol. The maximum atomic E-state index is 12.2. The second-order valence-corrected chi connectivity index (χ2v) is 6.82. The third kappa shape index (κ3) is 5.12. The number of piperidine rings is 1. The average Bonchev–Trinajstić information content (AvgIpc) is 2.69. The van der Waals surface area contributed by atoms with Crippen LogP contribution >= 0.6 is 0 Å². The smallest absolute Gasteiger partial charge is 0.269 e. The van der Waals surface area contributed by atoms with Crippen molar-refractivity contribution in [2.24, 2.45) is 5.92 Å². The van der Waals surface area contributed by atoms with Crippen molar-refractivity contribution in [2.75, 3.05) is 25.0 Å². The molecule has 27 heavy (non-hydrogen) atoms. The molecule has 0 saturated carbocycles. The molecule has 7 nitrogen and oxygen atoms in total. The third-order valence-electron chi connectivity index (χ3n) is 4.95. The second kappa shape index (κ2) is 8.75. The van der Waals surface area contributed by atoms with E-state index in [9.17, 15) is 20.0 Å². The van der Waals surface area contributed by atoms with Gasteiger partial charge in [0.15, 0.2) is 0 Å². The molecular weight excluding hydrogens is 346 g/mol. The Kier molecular flexibility index (Phi) is 6.16. The van der Waals surface area contributed by atoms with Crippen molar-refractivity contribution in [3.8, 4) is 0 Å². The number of benzene rings is 2. The van der Waals surface area contributed by atoms with E-state index in [2.05, 4.69) is 10.2 Å². The second-order valence-electron chi connectivity index (χ2n) is 6.82. The average molecular weight is 369 g/mol. The number of nitro benzene ring substituents is 1. The Bertz CT molecular complexity index is 772. The van der Waals surface area contributed by atoms with Crippen molar-refractivity contribution in [3.63, 3.8) is 0 Å². The summed E-state index contributed by atoms with van der Waals surface area (Å²) >= 11 is 0. The SMILES string of the molecule is O=C(CN1CCC(C(O)c2ccccc2)CC1)Nc1ccc([N+](=O)[O-])cc1. The van der Waals surface area contributed by atoms with E-state index >= 15 is 0 Å². The molecule has 1 saturated heterocycles. The van der Waals surface area contributed by atoms with Gasteiger partial charge in [-0.2, -0.15) is 0 Å². The maximum Gasteiger partial charge on any atom is 0.269 e. The standard InChI is InChI=1S/C20H23N3O4/c24-19(21-17-6-8-18(9-7-17)23(26)27)14-22-12-10-16(11-13-22)20(25)15-4-2-1-3-5-15/h1-9,16,20,25H,10-14H2,(H,21,24). The van der Waals surface area contributed by atoms with Crippen molar-refractivity contribution in [1.29, 1.82) is 0 Å². The van der Waals surface area contributed by atoms with Crippen LogP contribution in [0.5, 0.6) is 0 Å². The number of carbonyl (C=O) groups excluding carboxylic acids is 1. The number of likely N-dealkylation sites (tertiary alicyclic amines) is 1. The Morgan fingerprint density at radius 3 is 2.37 bits per heavy atom. The molecule has 0 bridgehead atoms. The van der Waals surface area contributed by atoms with Gasteiger partial charge >= 0.3 is 0 Å². The van der Waals surface area contributed by atoms with Gasteiger partial charge in [0.1, 0.15) is 0 Å². The van der Waals surface area contributed by atoms with Crippen molar-refractivity contribution < 1.29 is 14.8 Å². The van der Waals surface area contributed by atoms with Gasteiger partial charge in [0.05, 0.1) is 17.6 Å².